The molecule has 0 saturated carbocycles. The molecule has 0 spiro atoms. The van der Waals surface area contributed by atoms with Crippen LogP contribution in [-0.2, 0) is 13.0 Å². The van der Waals surface area contributed by atoms with Crippen molar-refractivity contribution < 1.29 is 4.79 Å². The number of hydrogen-bond acceptors (Lipinski definition) is 1. The Kier molecular flexibility index (Phi) is 3.11. The van der Waals surface area contributed by atoms with Gasteiger partial charge in [-0.3, -0.25) is 4.79 Å². The van der Waals surface area contributed by atoms with E-state index in [1.54, 1.807) is 0 Å². The highest BCUT2D eigenvalue weighted by molar-refractivity contribution is 5.93. The van der Waals surface area contributed by atoms with Crippen LogP contribution in [0, 0.1) is 0 Å². The summed E-state index contributed by atoms with van der Waals surface area (Å²) in [7, 11) is 0. The lowest BCUT2D eigenvalue weighted by atomic mass is 10.1. The number of carbonyl (C=O) groups excluding carboxylic acids is 1. The van der Waals surface area contributed by atoms with Crippen LogP contribution in [0.1, 0.15) is 41.0 Å². The van der Waals surface area contributed by atoms with E-state index in [0.29, 0.717) is 0 Å². The number of nitrogens with one attached hydrogen (secondary N) is 1. The summed E-state index contributed by atoms with van der Waals surface area (Å²) >= 11 is 0. The first-order valence-electron chi connectivity index (χ1n) is 6.83. The predicted molar refractivity (Wildman–Crippen MR) is 75.1 cm³/mol. The molecule has 3 rings (SSSR count). The fourth-order valence-corrected chi connectivity index (χ4v) is 2.84. The molecule has 0 saturated heterocycles. The van der Waals surface area contributed by atoms with Gasteiger partial charge >= 0.3 is 0 Å². The van der Waals surface area contributed by atoms with Crippen molar-refractivity contribution >= 4 is 5.91 Å². The molecule has 0 aliphatic heterocycles. The largest absolute Gasteiger partial charge is 0.344 e. The summed E-state index contributed by atoms with van der Waals surface area (Å²) in [6.45, 7) is 2.86. The third-order valence-electron chi connectivity index (χ3n) is 3.84. The minimum absolute atomic E-state index is 0.0218. The number of carbonyl (C=O) groups is 1. The molecule has 1 N–H and O–H groups in total. The van der Waals surface area contributed by atoms with Crippen LogP contribution in [0.25, 0.3) is 0 Å². The Morgan fingerprint density at radius 2 is 2.16 bits per heavy atom. The van der Waals surface area contributed by atoms with Gasteiger partial charge in [0.2, 0.25) is 0 Å². The molecule has 1 amide bonds. The van der Waals surface area contributed by atoms with E-state index in [2.05, 4.69) is 23.5 Å². The fourth-order valence-electron chi connectivity index (χ4n) is 2.84. The van der Waals surface area contributed by atoms with E-state index in [9.17, 15) is 4.79 Å². The minimum Gasteiger partial charge on any atom is -0.344 e. The molecule has 3 nitrogen and oxygen atoms in total. The maximum absolute atomic E-state index is 12.3. The normalized spacial score (nSPS) is 17.2. The Hall–Kier alpha value is -2.03. The van der Waals surface area contributed by atoms with Crippen LogP contribution in [-0.4, -0.2) is 10.5 Å². The highest BCUT2D eigenvalue weighted by atomic mass is 16.2. The first kappa shape index (κ1) is 12.0. The number of rotatable bonds is 3. The number of hydrogen-bond donors (Lipinski definition) is 1. The zero-order chi connectivity index (χ0) is 13.2. The molecular formula is C16H18N2O. The molecule has 1 unspecified atom stereocenters. The van der Waals surface area contributed by atoms with E-state index in [1.807, 2.05) is 35.9 Å². The number of nitrogens with zero attached hydrogens (tertiary/aromatic N) is 1. The Bertz CT molecular complexity index is 600. The van der Waals surface area contributed by atoms with Crippen LogP contribution in [0.15, 0.2) is 42.6 Å². The molecule has 1 aromatic carbocycles. The van der Waals surface area contributed by atoms with Crippen LogP contribution < -0.4 is 5.32 Å². The summed E-state index contributed by atoms with van der Waals surface area (Å²) in [4.78, 5) is 12.3. The fraction of sp³-hybridized carbons (Fsp3) is 0.312. The molecule has 19 heavy (non-hydrogen) atoms. The van der Waals surface area contributed by atoms with Gasteiger partial charge in [0.15, 0.2) is 0 Å². The molecular weight excluding hydrogens is 236 g/mol. The van der Waals surface area contributed by atoms with E-state index < -0.39 is 0 Å². The minimum atomic E-state index is 0.0218. The van der Waals surface area contributed by atoms with Crippen LogP contribution in [0.5, 0.6) is 0 Å². The summed E-state index contributed by atoms with van der Waals surface area (Å²) in [5.41, 5.74) is 3.37. The van der Waals surface area contributed by atoms with Crippen molar-refractivity contribution in [2.45, 2.75) is 32.4 Å². The average Bonchev–Trinajstić information content (AvgIpc) is 3.05. The lowest BCUT2D eigenvalue weighted by molar-refractivity contribution is 0.0927. The van der Waals surface area contributed by atoms with Gasteiger partial charge in [0.25, 0.3) is 5.91 Å². The second-order valence-corrected chi connectivity index (χ2v) is 4.94. The maximum Gasteiger partial charge on any atom is 0.268 e. The van der Waals surface area contributed by atoms with E-state index in [-0.39, 0.29) is 11.9 Å². The van der Waals surface area contributed by atoms with E-state index in [0.717, 1.165) is 25.1 Å². The monoisotopic (exact) mass is 254 g/mol. The highest BCUT2D eigenvalue weighted by Crippen LogP contribution is 2.30. The molecule has 1 aliphatic rings. The topological polar surface area (TPSA) is 34.0 Å². The summed E-state index contributed by atoms with van der Waals surface area (Å²) in [6, 6.07) is 12.3. The van der Waals surface area contributed by atoms with Crippen molar-refractivity contribution in [2.24, 2.45) is 0 Å². The van der Waals surface area contributed by atoms with E-state index >= 15 is 0 Å². The summed E-state index contributed by atoms with van der Waals surface area (Å²) in [6.07, 6.45) is 3.99. The van der Waals surface area contributed by atoms with Crippen molar-refractivity contribution in [3.05, 3.63) is 59.4 Å². The van der Waals surface area contributed by atoms with Crippen molar-refractivity contribution in [1.29, 1.82) is 0 Å². The van der Waals surface area contributed by atoms with Crippen LogP contribution in [0.4, 0.5) is 0 Å². The Morgan fingerprint density at radius 3 is 3.00 bits per heavy atom. The van der Waals surface area contributed by atoms with Gasteiger partial charge in [-0.15, -0.1) is 0 Å². The van der Waals surface area contributed by atoms with Gasteiger partial charge in [0.1, 0.15) is 5.69 Å². The average molecular weight is 254 g/mol. The number of amides is 1. The van der Waals surface area contributed by atoms with Crippen molar-refractivity contribution in [3.63, 3.8) is 0 Å². The Morgan fingerprint density at radius 1 is 1.32 bits per heavy atom. The molecule has 3 heteroatoms. The molecule has 1 aliphatic carbocycles. The molecule has 1 heterocycles. The number of fused-ring (bicyclic) bond motifs is 1. The lowest BCUT2D eigenvalue weighted by Gasteiger charge is -2.15. The van der Waals surface area contributed by atoms with Crippen LogP contribution >= 0.6 is 0 Å². The lowest BCUT2D eigenvalue weighted by Crippen LogP contribution is -2.28. The molecule has 1 aromatic heterocycles. The smallest absolute Gasteiger partial charge is 0.268 e. The first-order chi connectivity index (χ1) is 9.29. The molecule has 0 bridgehead atoms. The van der Waals surface area contributed by atoms with Gasteiger partial charge in [0.05, 0.1) is 6.04 Å². The van der Waals surface area contributed by atoms with Crippen LogP contribution in [0.3, 0.4) is 0 Å². The third kappa shape index (κ3) is 2.16. The predicted octanol–water partition coefficient (Wildman–Crippen LogP) is 2.93. The summed E-state index contributed by atoms with van der Waals surface area (Å²) in [5, 5.41) is 3.15. The molecule has 1 atom stereocenters. The SMILES string of the molecule is CCn1cccc1C(=O)NC1CCc2ccccc21. The number of aryl methyl sites for hydroxylation is 2. The van der Waals surface area contributed by atoms with Gasteiger partial charge in [-0.25, -0.2) is 0 Å². The Balaban J connectivity index is 1.78. The quantitative estimate of drug-likeness (QED) is 0.897. The zero-order valence-corrected chi connectivity index (χ0v) is 11.1. The summed E-state index contributed by atoms with van der Waals surface area (Å²) < 4.78 is 1.97. The zero-order valence-electron chi connectivity index (χ0n) is 11.1. The van der Waals surface area contributed by atoms with Gasteiger partial charge in [-0.05, 0) is 43.0 Å². The first-order valence-corrected chi connectivity index (χ1v) is 6.83. The van der Waals surface area contributed by atoms with Gasteiger partial charge < -0.3 is 9.88 Å². The van der Waals surface area contributed by atoms with E-state index in [4.69, 9.17) is 0 Å². The maximum atomic E-state index is 12.3. The number of benzene rings is 1. The third-order valence-corrected chi connectivity index (χ3v) is 3.84. The van der Waals surface area contributed by atoms with Gasteiger partial charge in [-0.2, -0.15) is 0 Å². The van der Waals surface area contributed by atoms with Gasteiger partial charge in [-0.1, -0.05) is 24.3 Å². The molecule has 0 radical (unpaired) electrons. The van der Waals surface area contributed by atoms with Crippen molar-refractivity contribution in [2.75, 3.05) is 0 Å². The second-order valence-electron chi connectivity index (χ2n) is 4.94. The molecule has 2 aromatic rings. The molecule has 0 fully saturated rings. The second kappa shape index (κ2) is 4.92. The Labute approximate surface area is 113 Å². The van der Waals surface area contributed by atoms with Crippen molar-refractivity contribution in [3.8, 4) is 0 Å². The highest BCUT2D eigenvalue weighted by Gasteiger charge is 2.24. The standard InChI is InChI=1S/C16H18N2O/c1-2-18-11-5-8-15(18)16(19)17-14-10-9-12-6-3-4-7-13(12)14/h3-8,11,14H,2,9-10H2,1H3,(H,17,19). The van der Waals surface area contributed by atoms with Gasteiger partial charge in [0, 0.05) is 12.7 Å². The van der Waals surface area contributed by atoms with Crippen LogP contribution in [0.2, 0.25) is 0 Å². The number of aromatic nitrogens is 1. The molecule has 98 valence electrons. The van der Waals surface area contributed by atoms with Crippen molar-refractivity contribution in [1.82, 2.24) is 9.88 Å². The summed E-state index contributed by atoms with van der Waals surface area (Å²) in [5.74, 6) is 0.0218. The van der Waals surface area contributed by atoms with E-state index in [1.165, 1.54) is 11.1 Å².